The molecule has 0 saturated heterocycles. The Bertz CT molecular complexity index is 1220. The van der Waals surface area contributed by atoms with Crippen LogP contribution < -0.4 is 5.32 Å². The number of nitrogens with zero attached hydrogens (tertiary/aromatic N) is 6. The van der Waals surface area contributed by atoms with Gasteiger partial charge in [0.05, 0.1) is 29.8 Å². The Morgan fingerprint density at radius 2 is 1.85 bits per heavy atom. The van der Waals surface area contributed by atoms with Gasteiger partial charge >= 0.3 is 6.18 Å². The lowest BCUT2D eigenvalue weighted by Gasteiger charge is -2.18. The van der Waals surface area contributed by atoms with Gasteiger partial charge in [0.15, 0.2) is 5.69 Å². The van der Waals surface area contributed by atoms with Crippen LogP contribution in [0.5, 0.6) is 0 Å². The van der Waals surface area contributed by atoms with E-state index < -0.39 is 23.8 Å². The highest BCUT2D eigenvalue weighted by Crippen LogP contribution is 2.38. The van der Waals surface area contributed by atoms with Gasteiger partial charge in [-0.25, -0.2) is 0 Å². The third-order valence-corrected chi connectivity index (χ3v) is 6.67. The molecule has 3 heterocycles. The van der Waals surface area contributed by atoms with Crippen molar-refractivity contribution in [3.63, 3.8) is 0 Å². The average Bonchev–Trinajstić information content (AvgIpc) is 3.51. The fraction of sp³-hybridized carbons (Fsp3) is 0.565. The number of fused-ring (bicyclic) bond motifs is 1. The molecule has 3 aromatic heterocycles. The maximum absolute atomic E-state index is 13.5. The minimum atomic E-state index is -4.54. The number of aromatic nitrogens is 6. The maximum Gasteiger partial charge on any atom is 0.435 e. The summed E-state index contributed by atoms with van der Waals surface area (Å²) in [4.78, 5) is 13.3. The van der Waals surface area contributed by atoms with Crippen LogP contribution in [-0.2, 0) is 36.9 Å². The number of hydrogen-bond acceptors (Lipinski definition) is 4. The molecule has 0 spiro atoms. The molecule has 11 heteroatoms. The average molecular weight is 478 g/mol. The van der Waals surface area contributed by atoms with E-state index in [4.69, 9.17) is 0 Å². The number of alkyl halides is 3. The van der Waals surface area contributed by atoms with Gasteiger partial charge in [0, 0.05) is 29.1 Å². The number of carbonyl (C=O) groups is 1. The maximum atomic E-state index is 13.5. The van der Waals surface area contributed by atoms with Gasteiger partial charge < -0.3 is 5.32 Å². The molecule has 0 aromatic carbocycles. The minimum absolute atomic E-state index is 0.224. The van der Waals surface area contributed by atoms with Crippen molar-refractivity contribution in [1.82, 2.24) is 29.3 Å². The number of rotatable bonds is 7. The van der Waals surface area contributed by atoms with Crippen LogP contribution in [-0.4, -0.2) is 35.2 Å². The van der Waals surface area contributed by atoms with E-state index in [2.05, 4.69) is 20.6 Å². The minimum Gasteiger partial charge on any atom is -0.321 e. The summed E-state index contributed by atoms with van der Waals surface area (Å²) in [5, 5.41) is 15.7. The summed E-state index contributed by atoms with van der Waals surface area (Å²) in [5.74, 6) is -0.394. The zero-order chi connectivity index (χ0) is 24.8. The highest BCUT2D eigenvalue weighted by atomic mass is 19.4. The highest BCUT2D eigenvalue weighted by molar-refractivity contribution is 5.94. The molecular formula is C23H30F3N7O. The predicted molar refractivity (Wildman–Crippen MR) is 121 cm³/mol. The lowest BCUT2D eigenvalue weighted by atomic mass is 10.1. The third kappa shape index (κ3) is 4.12. The Kier molecular flexibility index (Phi) is 6.30. The Morgan fingerprint density at radius 3 is 2.47 bits per heavy atom. The Morgan fingerprint density at radius 1 is 1.12 bits per heavy atom. The molecule has 1 unspecified atom stereocenters. The Balaban J connectivity index is 1.60. The molecule has 0 radical (unpaired) electrons. The van der Waals surface area contributed by atoms with Crippen molar-refractivity contribution in [2.75, 3.05) is 5.32 Å². The fourth-order valence-electron chi connectivity index (χ4n) is 4.78. The van der Waals surface area contributed by atoms with Crippen molar-refractivity contribution in [1.29, 1.82) is 0 Å². The summed E-state index contributed by atoms with van der Waals surface area (Å²) in [5.41, 5.74) is 3.94. The number of aryl methyl sites for hydroxylation is 2. The van der Waals surface area contributed by atoms with Crippen LogP contribution in [0.3, 0.4) is 0 Å². The molecule has 0 aliphatic heterocycles. The van der Waals surface area contributed by atoms with Crippen LogP contribution in [0.1, 0.15) is 72.3 Å². The molecule has 4 rings (SSSR count). The molecule has 1 aliphatic rings. The third-order valence-electron chi connectivity index (χ3n) is 6.67. The second kappa shape index (κ2) is 8.92. The molecule has 1 N–H and O–H groups in total. The van der Waals surface area contributed by atoms with Crippen LogP contribution in [0.15, 0.2) is 6.20 Å². The number of halogens is 3. The largest absolute Gasteiger partial charge is 0.435 e. The molecule has 8 nitrogen and oxygen atoms in total. The molecule has 184 valence electrons. The number of nitrogens with one attached hydrogen (secondary N) is 1. The van der Waals surface area contributed by atoms with E-state index in [0.717, 1.165) is 23.5 Å². The van der Waals surface area contributed by atoms with E-state index in [0.29, 0.717) is 49.3 Å². The first-order valence-electron chi connectivity index (χ1n) is 11.6. The molecule has 1 atom stereocenters. The van der Waals surface area contributed by atoms with E-state index in [9.17, 15) is 18.0 Å². The summed E-state index contributed by atoms with van der Waals surface area (Å²) in [6.45, 7) is 10.8. The summed E-state index contributed by atoms with van der Waals surface area (Å²) >= 11 is 0. The number of anilines is 1. The van der Waals surface area contributed by atoms with Crippen molar-refractivity contribution >= 4 is 11.6 Å². The second-order valence-electron chi connectivity index (χ2n) is 8.76. The zero-order valence-electron chi connectivity index (χ0n) is 20.1. The van der Waals surface area contributed by atoms with Gasteiger partial charge in [-0.2, -0.15) is 28.5 Å². The predicted octanol–water partition coefficient (Wildman–Crippen LogP) is 4.37. The van der Waals surface area contributed by atoms with Crippen molar-refractivity contribution in [3.05, 3.63) is 45.8 Å². The van der Waals surface area contributed by atoms with E-state index in [-0.39, 0.29) is 5.56 Å². The SMILES string of the molecule is CCC(C(=O)Nc1c(C)nn(Cc2cnn(CC)c2C)c1C)n1nc(C(F)(F)F)c2c1CCC2. The zero-order valence-corrected chi connectivity index (χ0v) is 20.1. The molecule has 34 heavy (non-hydrogen) atoms. The first kappa shape index (κ1) is 24.0. The molecule has 0 fully saturated rings. The Labute approximate surface area is 196 Å². The molecule has 1 aliphatic carbocycles. The van der Waals surface area contributed by atoms with Crippen molar-refractivity contribution in [2.24, 2.45) is 0 Å². The Hall–Kier alpha value is -3.11. The molecule has 1 amide bonds. The van der Waals surface area contributed by atoms with Crippen LogP contribution in [0.25, 0.3) is 0 Å². The number of hydrogen-bond donors (Lipinski definition) is 1. The van der Waals surface area contributed by atoms with Crippen molar-refractivity contribution in [3.8, 4) is 0 Å². The number of amides is 1. The van der Waals surface area contributed by atoms with E-state index in [1.807, 2.05) is 36.3 Å². The van der Waals surface area contributed by atoms with E-state index >= 15 is 0 Å². The summed E-state index contributed by atoms with van der Waals surface area (Å²) in [6, 6.07) is -0.838. The van der Waals surface area contributed by atoms with Gasteiger partial charge in [-0.3, -0.25) is 18.8 Å². The molecule has 3 aromatic rings. The van der Waals surface area contributed by atoms with Crippen molar-refractivity contribution < 1.29 is 18.0 Å². The quantitative estimate of drug-likeness (QED) is 0.548. The summed E-state index contributed by atoms with van der Waals surface area (Å²) in [7, 11) is 0. The standard InChI is InChI=1S/C23H30F3N7O/c1-6-18(33-19-10-8-9-17(19)21(30-33)23(24,25)26)22(34)28-20-13(3)29-32(15(20)5)12-16-11-27-31(7-2)14(16)4/h11,18H,6-10,12H2,1-5H3,(H,28,34). The second-order valence-corrected chi connectivity index (χ2v) is 8.76. The first-order chi connectivity index (χ1) is 16.1. The summed E-state index contributed by atoms with van der Waals surface area (Å²) in [6.07, 6.45) is -0.944. The number of carbonyl (C=O) groups excluding carboxylic acids is 1. The van der Waals surface area contributed by atoms with Gasteiger partial charge in [-0.1, -0.05) is 6.92 Å². The van der Waals surface area contributed by atoms with Gasteiger partial charge in [0.2, 0.25) is 5.91 Å². The van der Waals surface area contributed by atoms with Crippen molar-refractivity contribution in [2.45, 2.75) is 85.6 Å². The summed E-state index contributed by atoms with van der Waals surface area (Å²) < 4.78 is 45.6. The first-order valence-corrected chi connectivity index (χ1v) is 11.6. The van der Waals surface area contributed by atoms with Gasteiger partial charge in [0.1, 0.15) is 6.04 Å². The normalized spacial score (nSPS) is 14.5. The van der Waals surface area contributed by atoms with E-state index in [1.165, 1.54) is 4.68 Å². The fourth-order valence-corrected chi connectivity index (χ4v) is 4.78. The van der Waals surface area contributed by atoms with Gasteiger partial charge in [0.25, 0.3) is 0 Å². The molecule has 0 saturated carbocycles. The van der Waals surface area contributed by atoms with Gasteiger partial charge in [-0.15, -0.1) is 0 Å². The molecule has 0 bridgehead atoms. The lowest BCUT2D eigenvalue weighted by molar-refractivity contribution is -0.142. The van der Waals surface area contributed by atoms with E-state index in [1.54, 1.807) is 13.8 Å². The van der Waals surface area contributed by atoms with Crippen LogP contribution in [0, 0.1) is 20.8 Å². The lowest BCUT2D eigenvalue weighted by Crippen LogP contribution is -2.28. The van der Waals surface area contributed by atoms with Crippen LogP contribution in [0.4, 0.5) is 18.9 Å². The van der Waals surface area contributed by atoms with Crippen LogP contribution >= 0.6 is 0 Å². The van der Waals surface area contributed by atoms with Gasteiger partial charge in [-0.05, 0) is 53.4 Å². The topological polar surface area (TPSA) is 82.6 Å². The molecular weight excluding hydrogens is 447 g/mol. The smallest absolute Gasteiger partial charge is 0.321 e. The van der Waals surface area contributed by atoms with Crippen LogP contribution in [0.2, 0.25) is 0 Å². The monoisotopic (exact) mass is 477 g/mol. The highest BCUT2D eigenvalue weighted by Gasteiger charge is 2.41.